The second-order valence-electron chi connectivity index (χ2n) is 6.12. The third-order valence-corrected chi connectivity index (χ3v) is 3.60. The molecule has 1 aliphatic carbocycles. The Morgan fingerprint density at radius 2 is 1.60 bits per heavy atom. The molecule has 0 aromatic heterocycles. The summed E-state index contributed by atoms with van der Waals surface area (Å²) in [5.41, 5.74) is -0.0161. The van der Waals surface area contributed by atoms with E-state index in [9.17, 15) is 0 Å². The Bertz CT molecular complexity index is 219. The van der Waals surface area contributed by atoms with Crippen LogP contribution in [0.5, 0.6) is 0 Å². The molecule has 0 atom stereocenters. The third kappa shape index (κ3) is 3.22. The van der Waals surface area contributed by atoms with Crippen LogP contribution in [0.3, 0.4) is 0 Å². The molecule has 0 spiro atoms. The van der Waals surface area contributed by atoms with E-state index in [-0.39, 0.29) is 5.41 Å². The van der Waals surface area contributed by atoms with Crippen LogP contribution in [0.25, 0.3) is 0 Å². The van der Waals surface area contributed by atoms with Crippen molar-refractivity contribution in [3.8, 4) is 0 Å². The zero-order valence-corrected chi connectivity index (χ0v) is 10.9. The van der Waals surface area contributed by atoms with Crippen molar-refractivity contribution in [1.82, 2.24) is 4.90 Å². The number of nitrogens with zero attached hydrogens (tertiary/aromatic N) is 1. The van der Waals surface area contributed by atoms with Crippen molar-refractivity contribution in [3.05, 3.63) is 0 Å². The number of hydrogen-bond donors (Lipinski definition) is 1. The minimum absolute atomic E-state index is 0.0161. The fraction of sp³-hybridized carbons (Fsp3) is 0.923. The van der Waals surface area contributed by atoms with Crippen LogP contribution < -0.4 is 0 Å². The molecule has 88 valence electrons. The molecule has 0 aromatic rings. The first-order chi connectivity index (χ1) is 6.82. The SMILES string of the molecule is CC1CCC(N(C)C(=N)C(C)(C)C)CC1. The number of hydrogen-bond acceptors (Lipinski definition) is 1. The van der Waals surface area contributed by atoms with E-state index < -0.39 is 0 Å². The van der Waals surface area contributed by atoms with Gasteiger partial charge in [0.1, 0.15) is 5.84 Å². The first kappa shape index (κ1) is 12.5. The number of nitrogens with one attached hydrogen (secondary N) is 1. The highest BCUT2D eigenvalue weighted by atomic mass is 15.2. The van der Waals surface area contributed by atoms with E-state index in [1.807, 2.05) is 0 Å². The van der Waals surface area contributed by atoms with Gasteiger partial charge in [-0.25, -0.2) is 0 Å². The summed E-state index contributed by atoms with van der Waals surface area (Å²) in [6.45, 7) is 8.71. The normalized spacial score (nSPS) is 27.5. The molecule has 2 nitrogen and oxygen atoms in total. The Balaban J connectivity index is 2.54. The Morgan fingerprint density at radius 1 is 1.13 bits per heavy atom. The zero-order chi connectivity index (χ0) is 11.6. The van der Waals surface area contributed by atoms with Gasteiger partial charge in [-0.1, -0.05) is 27.7 Å². The predicted octanol–water partition coefficient (Wildman–Crippen LogP) is 3.52. The Labute approximate surface area is 94.6 Å². The highest BCUT2D eigenvalue weighted by Gasteiger charge is 2.28. The lowest BCUT2D eigenvalue weighted by Gasteiger charge is -2.38. The summed E-state index contributed by atoms with van der Waals surface area (Å²) in [6, 6.07) is 0.605. The molecule has 0 bridgehead atoms. The first-order valence-corrected chi connectivity index (χ1v) is 6.14. The van der Waals surface area contributed by atoms with Gasteiger partial charge in [0.15, 0.2) is 0 Å². The summed E-state index contributed by atoms with van der Waals surface area (Å²) in [7, 11) is 2.09. The van der Waals surface area contributed by atoms with Gasteiger partial charge < -0.3 is 4.90 Å². The molecular formula is C13H26N2. The van der Waals surface area contributed by atoms with Crippen LogP contribution in [0.15, 0.2) is 0 Å². The van der Waals surface area contributed by atoms with Gasteiger partial charge in [0.25, 0.3) is 0 Å². The van der Waals surface area contributed by atoms with E-state index in [1.165, 1.54) is 25.7 Å². The van der Waals surface area contributed by atoms with E-state index in [0.29, 0.717) is 6.04 Å². The van der Waals surface area contributed by atoms with Gasteiger partial charge in [0.2, 0.25) is 0 Å². The molecule has 0 radical (unpaired) electrons. The summed E-state index contributed by atoms with van der Waals surface area (Å²) in [5, 5.41) is 8.16. The van der Waals surface area contributed by atoms with Crippen LogP contribution in [0, 0.1) is 16.7 Å². The van der Waals surface area contributed by atoms with E-state index in [2.05, 4.69) is 39.6 Å². The van der Waals surface area contributed by atoms with Crippen molar-refractivity contribution in [2.75, 3.05) is 7.05 Å². The second kappa shape index (κ2) is 4.54. The average molecular weight is 210 g/mol. The molecule has 0 amide bonds. The fourth-order valence-electron chi connectivity index (χ4n) is 2.34. The maximum absolute atomic E-state index is 8.16. The quantitative estimate of drug-likeness (QED) is 0.520. The highest BCUT2D eigenvalue weighted by molar-refractivity contribution is 5.84. The van der Waals surface area contributed by atoms with Crippen molar-refractivity contribution >= 4 is 5.84 Å². The smallest absolute Gasteiger partial charge is 0.101 e. The second-order valence-corrected chi connectivity index (χ2v) is 6.12. The molecule has 15 heavy (non-hydrogen) atoms. The van der Waals surface area contributed by atoms with Gasteiger partial charge in [0.05, 0.1) is 0 Å². The summed E-state index contributed by atoms with van der Waals surface area (Å²) < 4.78 is 0. The first-order valence-electron chi connectivity index (χ1n) is 6.14. The van der Waals surface area contributed by atoms with Gasteiger partial charge in [0, 0.05) is 18.5 Å². The molecule has 0 aliphatic heterocycles. The minimum atomic E-state index is -0.0161. The summed E-state index contributed by atoms with van der Waals surface area (Å²) >= 11 is 0. The number of amidine groups is 1. The van der Waals surface area contributed by atoms with Gasteiger partial charge >= 0.3 is 0 Å². The minimum Gasteiger partial charge on any atom is -0.360 e. The lowest BCUT2D eigenvalue weighted by atomic mass is 9.85. The zero-order valence-electron chi connectivity index (χ0n) is 10.9. The summed E-state index contributed by atoms with van der Waals surface area (Å²) in [4.78, 5) is 2.20. The standard InChI is InChI=1S/C13H26N2/c1-10-6-8-11(9-7-10)15(5)12(14)13(2,3)4/h10-11,14H,6-9H2,1-5H3. The molecule has 0 heterocycles. The molecular weight excluding hydrogens is 184 g/mol. The highest BCUT2D eigenvalue weighted by Crippen LogP contribution is 2.28. The van der Waals surface area contributed by atoms with Crippen LogP contribution in [-0.4, -0.2) is 23.8 Å². The lowest BCUT2D eigenvalue weighted by Crippen LogP contribution is -2.44. The topological polar surface area (TPSA) is 27.1 Å². The molecule has 0 saturated heterocycles. The molecule has 1 aliphatic rings. The van der Waals surface area contributed by atoms with E-state index in [4.69, 9.17) is 5.41 Å². The molecule has 1 fully saturated rings. The molecule has 0 unspecified atom stereocenters. The summed E-state index contributed by atoms with van der Waals surface area (Å²) in [5.74, 6) is 1.67. The Hall–Kier alpha value is -0.530. The maximum atomic E-state index is 8.16. The van der Waals surface area contributed by atoms with E-state index in [1.54, 1.807) is 0 Å². The largest absolute Gasteiger partial charge is 0.360 e. The van der Waals surface area contributed by atoms with E-state index >= 15 is 0 Å². The van der Waals surface area contributed by atoms with Gasteiger partial charge in [-0.05, 0) is 31.6 Å². The van der Waals surface area contributed by atoms with Crippen LogP contribution in [0.2, 0.25) is 0 Å². The monoisotopic (exact) mass is 210 g/mol. The van der Waals surface area contributed by atoms with Crippen molar-refractivity contribution < 1.29 is 0 Å². The van der Waals surface area contributed by atoms with Crippen LogP contribution in [0.1, 0.15) is 53.4 Å². The number of rotatable bonds is 1. The van der Waals surface area contributed by atoms with Crippen LogP contribution >= 0.6 is 0 Å². The summed E-state index contributed by atoms with van der Waals surface area (Å²) in [6.07, 6.45) is 5.17. The third-order valence-electron chi connectivity index (χ3n) is 3.60. The van der Waals surface area contributed by atoms with Crippen LogP contribution in [0.4, 0.5) is 0 Å². The fourth-order valence-corrected chi connectivity index (χ4v) is 2.34. The lowest BCUT2D eigenvalue weighted by molar-refractivity contribution is 0.225. The van der Waals surface area contributed by atoms with Crippen molar-refractivity contribution in [2.45, 2.75) is 59.4 Å². The van der Waals surface area contributed by atoms with Gasteiger partial charge in [-0.3, -0.25) is 5.41 Å². The molecule has 2 heteroatoms. The van der Waals surface area contributed by atoms with Crippen LogP contribution in [-0.2, 0) is 0 Å². The van der Waals surface area contributed by atoms with Crippen molar-refractivity contribution in [2.24, 2.45) is 11.3 Å². The van der Waals surface area contributed by atoms with Gasteiger partial charge in [-0.2, -0.15) is 0 Å². The van der Waals surface area contributed by atoms with E-state index in [0.717, 1.165) is 11.8 Å². The Kier molecular flexibility index (Phi) is 3.80. The molecule has 1 saturated carbocycles. The molecule has 1 rings (SSSR count). The maximum Gasteiger partial charge on any atom is 0.101 e. The Morgan fingerprint density at radius 3 is 2.00 bits per heavy atom. The van der Waals surface area contributed by atoms with Crippen molar-refractivity contribution in [3.63, 3.8) is 0 Å². The average Bonchev–Trinajstić information content (AvgIpc) is 2.15. The molecule has 1 N–H and O–H groups in total. The van der Waals surface area contributed by atoms with Gasteiger partial charge in [-0.15, -0.1) is 0 Å². The van der Waals surface area contributed by atoms with Crippen molar-refractivity contribution in [1.29, 1.82) is 5.41 Å². The molecule has 0 aromatic carbocycles. The predicted molar refractivity (Wildman–Crippen MR) is 66.4 cm³/mol.